The van der Waals surface area contributed by atoms with Crippen LogP contribution in [0.5, 0.6) is 5.75 Å². The summed E-state index contributed by atoms with van der Waals surface area (Å²) in [6, 6.07) is 4.18. The SMILES string of the molecule is CCCNC(=O)Cc1cc(S(=O)(=O)Cl)ccc1OC. The van der Waals surface area contributed by atoms with Crippen LogP contribution in [0.1, 0.15) is 18.9 Å². The molecule has 0 saturated heterocycles. The van der Waals surface area contributed by atoms with Crippen LogP contribution in [-0.2, 0) is 20.3 Å². The van der Waals surface area contributed by atoms with Crippen molar-refractivity contribution in [3.8, 4) is 5.75 Å². The maximum Gasteiger partial charge on any atom is 0.261 e. The second-order valence-corrected chi connectivity index (χ2v) is 6.50. The van der Waals surface area contributed by atoms with Crippen LogP contribution in [0.25, 0.3) is 0 Å². The predicted molar refractivity (Wildman–Crippen MR) is 73.0 cm³/mol. The third-order valence-corrected chi connectivity index (χ3v) is 3.81. The Hall–Kier alpha value is -1.27. The highest BCUT2D eigenvalue weighted by atomic mass is 35.7. The van der Waals surface area contributed by atoms with Gasteiger partial charge in [-0.25, -0.2) is 8.42 Å². The summed E-state index contributed by atoms with van der Waals surface area (Å²) in [5.41, 5.74) is 0.484. The first kappa shape index (κ1) is 15.8. The molecule has 0 fully saturated rings. The van der Waals surface area contributed by atoms with Gasteiger partial charge in [0, 0.05) is 22.8 Å². The van der Waals surface area contributed by atoms with Gasteiger partial charge in [0.1, 0.15) is 5.75 Å². The number of ether oxygens (including phenoxy) is 1. The highest BCUT2D eigenvalue weighted by molar-refractivity contribution is 8.13. The summed E-state index contributed by atoms with van der Waals surface area (Å²) >= 11 is 0. The summed E-state index contributed by atoms with van der Waals surface area (Å²) < 4.78 is 27.6. The fraction of sp³-hybridized carbons (Fsp3) is 0.417. The molecule has 0 aliphatic carbocycles. The van der Waals surface area contributed by atoms with Crippen LogP contribution >= 0.6 is 10.7 Å². The number of carbonyl (C=O) groups is 1. The molecule has 1 aromatic carbocycles. The predicted octanol–water partition coefficient (Wildman–Crippen LogP) is 1.69. The summed E-state index contributed by atoms with van der Waals surface area (Å²) in [6.07, 6.45) is 0.877. The van der Waals surface area contributed by atoms with E-state index in [4.69, 9.17) is 15.4 Å². The van der Waals surface area contributed by atoms with Gasteiger partial charge in [-0.05, 0) is 24.6 Å². The van der Waals surface area contributed by atoms with Crippen LogP contribution < -0.4 is 10.1 Å². The fourth-order valence-corrected chi connectivity index (χ4v) is 2.35. The maximum atomic E-state index is 11.7. The molecule has 0 aromatic heterocycles. The van der Waals surface area contributed by atoms with E-state index in [1.807, 2.05) is 6.92 Å². The normalized spacial score (nSPS) is 11.1. The first-order valence-electron chi connectivity index (χ1n) is 5.76. The maximum absolute atomic E-state index is 11.7. The van der Waals surface area contributed by atoms with Gasteiger partial charge in [0.05, 0.1) is 18.4 Å². The van der Waals surface area contributed by atoms with E-state index in [1.54, 1.807) is 0 Å². The largest absolute Gasteiger partial charge is 0.496 e. The van der Waals surface area contributed by atoms with Crippen molar-refractivity contribution < 1.29 is 17.9 Å². The summed E-state index contributed by atoms with van der Waals surface area (Å²) in [4.78, 5) is 11.6. The van der Waals surface area contributed by atoms with E-state index in [1.165, 1.54) is 25.3 Å². The van der Waals surface area contributed by atoms with E-state index in [9.17, 15) is 13.2 Å². The molecule has 1 rings (SSSR count). The number of hydrogen-bond acceptors (Lipinski definition) is 4. The van der Waals surface area contributed by atoms with Gasteiger partial charge >= 0.3 is 0 Å². The molecule has 0 bridgehead atoms. The number of rotatable bonds is 6. The van der Waals surface area contributed by atoms with E-state index < -0.39 is 9.05 Å². The van der Waals surface area contributed by atoms with E-state index in [0.29, 0.717) is 17.9 Å². The number of amides is 1. The molecule has 0 aliphatic heterocycles. The van der Waals surface area contributed by atoms with Gasteiger partial charge < -0.3 is 10.1 Å². The zero-order chi connectivity index (χ0) is 14.5. The monoisotopic (exact) mass is 305 g/mol. The minimum absolute atomic E-state index is 0.0451. The Morgan fingerprint density at radius 3 is 2.63 bits per heavy atom. The molecule has 19 heavy (non-hydrogen) atoms. The third-order valence-electron chi connectivity index (χ3n) is 2.46. The molecule has 0 heterocycles. The summed E-state index contributed by atoms with van der Waals surface area (Å²) in [5.74, 6) is 0.264. The molecule has 0 atom stereocenters. The standard InChI is InChI=1S/C12H16ClNO4S/c1-3-6-14-12(15)8-9-7-10(19(13,16)17)4-5-11(9)18-2/h4-5,7H,3,6,8H2,1-2H3,(H,14,15). The minimum atomic E-state index is -3.82. The lowest BCUT2D eigenvalue weighted by Gasteiger charge is -2.10. The molecular formula is C12H16ClNO4S. The van der Waals surface area contributed by atoms with Gasteiger partial charge in [-0.15, -0.1) is 0 Å². The molecule has 0 spiro atoms. The highest BCUT2D eigenvalue weighted by Crippen LogP contribution is 2.24. The van der Waals surface area contributed by atoms with Crippen molar-refractivity contribution in [2.45, 2.75) is 24.7 Å². The van der Waals surface area contributed by atoms with Gasteiger partial charge in [0.15, 0.2) is 0 Å². The Morgan fingerprint density at radius 2 is 2.11 bits per heavy atom. The van der Waals surface area contributed by atoms with Crippen molar-refractivity contribution in [3.63, 3.8) is 0 Å². The van der Waals surface area contributed by atoms with Crippen LogP contribution in [0, 0.1) is 0 Å². The molecule has 0 radical (unpaired) electrons. The minimum Gasteiger partial charge on any atom is -0.496 e. The van der Waals surface area contributed by atoms with E-state index in [2.05, 4.69) is 5.32 Å². The Kier molecular flexibility index (Phi) is 5.62. The van der Waals surface area contributed by atoms with Crippen molar-refractivity contribution >= 4 is 25.6 Å². The topological polar surface area (TPSA) is 72.5 Å². The number of benzene rings is 1. The van der Waals surface area contributed by atoms with E-state index in [0.717, 1.165) is 6.42 Å². The zero-order valence-electron chi connectivity index (χ0n) is 10.8. The van der Waals surface area contributed by atoms with Gasteiger partial charge in [-0.3, -0.25) is 4.79 Å². The quantitative estimate of drug-likeness (QED) is 0.812. The average molecular weight is 306 g/mol. The lowest BCUT2D eigenvalue weighted by Crippen LogP contribution is -2.25. The third kappa shape index (κ3) is 4.72. The van der Waals surface area contributed by atoms with E-state index >= 15 is 0 Å². The molecule has 1 amide bonds. The second kappa shape index (κ2) is 6.77. The first-order chi connectivity index (χ1) is 8.88. The molecule has 7 heteroatoms. The lowest BCUT2D eigenvalue weighted by molar-refractivity contribution is -0.120. The lowest BCUT2D eigenvalue weighted by atomic mass is 10.1. The second-order valence-electron chi connectivity index (χ2n) is 3.94. The number of halogens is 1. The number of methoxy groups -OCH3 is 1. The molecule has 106 valence electrons. The molecule has 0 unspecified atom stereocenters. The molecule has 0 aliphatic rings. The van der Waals surface area contributed by atoms with Gasteiger partial charge in [0.25, 0.3) is 9.05 Å². The Bertz CT molecular complexity index is 557. The Balaban J connectivity index is 3.00. The van der Waals surface area contributed by atoms with Crippen LogP contribution in [0.4, 0.5) is 0 Å². The highest BCUT2D eigenvalue weighted by Gasteiger charge is 2.15. The van der Waals surface area contributed by atoms with Gasteiger partial charge in [0.2, 0.25) is 5.91 Å². The van der Waals surface area contributed by atoms with Crippen LogP contribution in [0.15, 0.2) is 23.1 Å². The van der Waals surface area contributed by atoms with Gasteiger partial charge in [-0.2, -0.15) is 0 Å². The Morgan fingerprint density at radius 1 is 1.42 bits per heavy atom. The first-order valence-corrected chi connectivity index (χ1v) is 8.07. The van der Waals surface area contributed by atoms with Crippen molar-refractivity contribution in [3.05, 3.63) is 23.8 Å². The fourth-order valence-electron chi connectivity index (χ4n) is 1.54. The van der Waals surface area contributed by atoms with Crippen LogP contribution in [-0.4, -0.2) is 28.0 Å². The summed E-state index contributed by atoms with van der Waals surface area (Å²) in [7, 11) is 2.91. The van der Waals surface area contributed by atoms with Gasteiger partial charge in [-0.1, -0.05) is 6.92 Å². The number of hydrogen-bond donors (Lipinski definition) is 1. The molecule has 0 saturated carbocycles. The van der Waals surface area contributed by atoms with E-state index in [-0.39, 0.29) is 17.2 Å². The van der Waals surface area contributed by atoms with Crippen molar-refractivity contribution in [2.75, 3.05) is 13.7 Å². The Labute approximate surface area is 117 Å². The summed E-state index contributed by atoms with van der Waals surface area (Å²) in [6.45, 7) is 2.52. The molecule has 5 nitrogen and oxygen atoms in total. The van der Waals surface area contributed by atoms with Crippen LogP contribution in [0.3, 0.4) is 0 Å². The van der Waals surface area contributed by atoms with Crippen molar-refractivity contribution in [2.24, 2.45) is 0 Å². The average Bonchev–Trinajstić information content (AvgIpc) is 2.35. The molecular weight excluding hydrogens is 290 g/mol. The van der Waals surface area contributed by atoms with Crippen molar-refractivity contribution in [1.82, 2.24) is 5.32 Å². The smallest absolute Gasteiger partial charge is 0.261 e. The zero-order valence-corrected chi connectivity index (χ0v) is 12.3. The molecule has 1 N–H and O–H groups in total. The van der Waals surface area contributed by atoms with Crippen LogP contribution in [0.2, 0.25) is 0 Å². The number of nitrogens with one attached hydrogen (secondary N) is 1. The molecule has 1 aromatic rings. The number of carbonyl (C=O) groups excluding carboxylic acids is 1. The summed E-state index contributed by atoms with van der Waals surface area (Å²) in [5, 5.41) is 2.71. The van der Waals surface area contributed by atoms with Crippen molar-refractivity contribution in [1.29, 1.82) is 0 Å².